The Morgan fingerprint density at radius 2 is 2.08 bits per heavy atom. The summed E-state index contributed by atoms with van der Waals surface area (Å²) >= 11 is 0. The minimum absolute atomic E-state index is 0.464. The molecule has 3 heteroatoms. The topological polar surface area (TPSA) is 41.6 Å². The fourth-order valence-electron chi connectivity index (χ4n) is 2.09. The molecule has 0 radical (unpaired) electrons. The molecule has 1 atom stereocenters. The van der Waals surface area contributed by atoms with Crippen molar-refractivity contribution in [1.29, 1.82) is 0 Å². The lowest BCUT2D eigenvalue weighted by atomic mass is 10.1. The van der Waals surface area contributed by atoms with Gasteiger partial charge in [0.1, 0.15) is 5.84 Å². The van der Waals surface area contributed by atoms with Gasteiger partial charge in [0.25, 0.3) is 0 Å². The summed E-state index contributed by atoms with van der Waals surface area (Å²) in [6.45, 7) is 3.18. The van der Waals surface area contributed by atoms with Crippen LogP contribution in [0.15, 0.2) is 5.10 Å². The van der Waals surface area contributed by atoms with Gasteiger partial charge < -0.3 is 5.73 Å². The third-order valence-corrected chi connectivity index (χ3v) is 2.96. The van der Waals surface area contributed by atoms with Gasteiger partial charge in [-0.05, 0) is 12.8 Å². The summed E-state index contributed by atoms with van der Waals surface area (Å²) in [6.07, 6.45) is 5.35. The first-order valence-electron chi connectivity index (χ1n) is 4.88. The summed E-state index contributed by atoms with van der Waals surface area (Å²) in [5.41, 5.74) is 5.74. The van der Waals surface area contributed by atoms with E-state index in [1.54, 1.807) is 0 Å². The molecule has 3 nitrogen and oxygen atoms in total. The van der Waals surface area contributed by atoms with Gasteiger partial charge in [0, 0.05) is 18.5 Å². The second kappa shape index (κ2) is 2.96. The molecular weight excluding hydrogens is 150 g/mol. The van der Waals surface area contributed by atoms with Crippen molar-refractivity contribution in [3.63, 3.8) is 0 Å². The van der Waals surface area contributed by atoms with Crippen LogP contribution in [0.25, 0.3) is 0 Å². The minimum atomic E-state index is 0.464. The Labute approximate surface area is 73.6 Å². The zero-order chi connectivity index (χ0) is 8.55. The molecule has 2 aliphatic rings. The van der Waals surface area contributed by atoms with Crippen LogP contribution in [-0.2, 0) is 0 Å². The molecule has 0 bridgehead atoms. The second-order valence-electron chi connectivity index (χ2n) is 3.99. The van der Waals surface area contributed by atoms with Crippen molar-refractivity contribution in [2.24, 2.45) is 16.8 Å². The van der Waals surface area contributed by atoms with Crippen molar-refractivity contribution in [1.82, 2.24) is 5.01 Å². The van der Waals surface area contributed by atoms with Crippen LogP contribution in [0.4, 0.5) is 0 Å². The maximum absolute atomic E-state index is 5.74. The lowest BCUT2D eigenvalue weighted by Gasteiger charge is -2.21. The van der Waals surface area contributed by atoms with Gasteiger partial charge in [0.15, 0.2) is 0 Å². The Kier molecular flexibility index (Phi) is 1.95. The molecule has 2 rings (SSSR count). The number of rotatable bonds is 1. The molecule has 0 aromatic heterocycles. The van der Waals surface area contributed by atoms with E-state index in [-0.39, 0.29) is 0 Å². The number of nitrogens with two attached hydrogens (primary N) is 1. The Hall–Kier alpha value is -0.730. The van der Waals surface area contributed by atoms with E-state index in [2.05, 4.69) is 17.0 Å². The van der Waals surface area contributed by atoms with Crippen LogP contribution >= 0.6 is 0 Å². The Morgan fingerprint density at radius 1 is 1.42 bits per heavy atom. The standard InChI is InChI=1S/C9H17N3/c1-7-6-12(11-9(7)10)8-4-2-3-5-8/h7-8H,2-6H2,1H3,(H2,10,11). The van der Waals surface area contributed by atoms with Crippen molar-refractivity contribution >= 4 is 5.84 Å². The molecule has 1 unspecified atom stereocenters. The molecule has 0 aromatic rings. The first kappa shape index (κ1) is 7.90. The normalized spacial score (nSPS) is 31.2. The molecule has 1 fully saturated rings. The highest BCUT2D eigenvalue weighted by molar-refractivity contribution is 5.83. The fraction of sp³-hybridized carbons (Fsp3) is 0.889. The van der Waals surface area contributed by atoms with Gasteiger partial charge in [-0.25, -0.2) is 0 Å². The van der Waals surface area contributed by atoms with E-state index in [1.807, 2.05) is 0 Å². The van der Waals surface area contributed by atoms with Crippen molar-refractivity contribution in [2.45, 2.75) is 38.6 Å². The number of hydrazone groups is 1. The largest absolute Gasteiger partial charge is 0.385 e. The van der Waals surface area contributed by atoms with E-state index in [0.717, 1.165) is 12.4 Å². The van der Waals surface area contributed by atoms with E-state index in [9.17, 15) is 0 Å². The molecule has 1 aliphatic heterocycles. The highest BCUT2D eigenvalue weighted by Gasteiger charge is 2.28. The average molecular weight is 167 g/mol. The number of hydrogen-bond donors (Lipinski definition) is 1. The van der Waals surface area contributed by atoms with Crippen LogP contribution in [0.1, 0.15) is 32.6 Å². The smallest absolute Gasteiger partial charge is 0.124 e. The molecule has 0 spiro atoms. The molecule has 1 heterocycles. The van der Waals surface area contributed by atoms with Crippen molar-refractivity contribution in [2.75, 3.05) is 6.54 Å². The molecule has 12 heavy (non-hydrogen) atoms. The van der Waals surface area contributed by atoms with Crippen molar-refractivity contribution < 1.29 is 0 Å². The van der Waals surface area contributed by atoms with E-state index < -0.39 is 0 Å². The van der Waals surface area contributed by atoms with Gasteiger partial charge in [-0.3, -0.25) is 5.01 Å². The SMILES string of the molecule is CC1CN(C2CCCC2)N=C1N. The van der Waals surface area contributed by atoms with Crippen molar-refractivity contribution in [3.8, 4) is 0 Å². The summed E-state index contributed by atoms with van der Waals surface area (Å²) in [6, 6.07) is 0.688. The van der Waals surface area contributed by atoms with Gasteiger partial charge in [0.05, 0.1) is 0 Å². The average Bonchev–Trinajstić information content (AvgIpc) is 2.61. The van der Waals surface area contributed by atoms with Crippen LogP contribution in [0, 0.1) is 5.92 Å². The second-order valence-corrected chi connectivity index (χ2v) is 3.99. The summed E-state index contributed by atoms with van der Waals surface area (Å²) in [7, 11) is 0. The van der Waals surface area contributed by atoms with Crippen LogP contribution in [0.5, 0.6) is 0 Å². The third kappa shape index (κ3) is 1.28. The molecule has 0 aromatic carbocycles. The summed E-state index contributed by atoms with van der Waals surface area (Å²) in [4.78, 5) is 0. The lowest BCUT2D eigenvalue weighted by Crippen LogP contribution is -2.27. The molecule has 1 aliphatic carbocycles. The Balaban J connectivity index is 1.98. The zero-order valence-electron chi connectivity index (χ0n) is 7.66. The van der Waals surface area contributed by atoms with Crippen LogP contribution in [0.3, 0.4) is 0 Å². The highest BCUT2D eigenvalue weighted by Crippen LogP contribution is 2.26. The van der Waals surface area contributed by atoms with Crippen LogP contribution < -0.4 is 5.73 Å². The minimum Gasteiger partial charge on any atom is -0.385 e. The predicted octanol–water partition coefficient (Wildman–Crippen LogP) is 1.15. The number of nitrogens with zero attached hydrogens (tertiary/aromatic N) is 2. The quantitative estimate of drug-likeness (QED) is 0.636. The molecule has 1 saturated carbocycles. The van der Waals surface area contributed by atoms with Gasteiger partial charge in [0.2, 0.25) is 0 Å². The lowest BCUT2D eigenvalue weighted by molar-refractivity contribution is 0.217. The van der Waals surface area contributed by atoms with Crippen molar-refractivity contribution in [3.05, 3.63) is 0 Å². The number of hydrogen-bond acceptors (Lipinski definition) is 3. The van der Waals surface area contributed by atoms with E-state index in [1.165, 1.54) is 25.7 Å². The van der Waals surface area contributed by atoms with E-state index >= 15 is 0 Å². The molecule has 0 saturated heterocycles. The van der Waals surface area contributed by atoms with E-state index in [0.29, 0.717) is 12.0 Å². The summed E-state index contributed by atoms with van der Waals surface area (Å²) < 4.78 is 0. The van der Waals surface area contributed by atoms with Gasteiger partial charge in [-0.1, -0.05) is 19.8 Å². The third-order valence-electron chi connectivity index (χ3n) is 2.96. The van der Waals surface area contributed by atoms with Gasteiger partial charge in [-0.15, -0.1) is 0 Å². The summed E-state index contributed by atoms with van der Waals surface area (Å²) in [5, 5.41) is 6.58. The zero-order valence-corrected chi connectivity index (χ0v) is 7.66. The maximum atomic E-state index is 5.74. The number of amidine groups is 1. The first-order valence-corrected chi connectivity index (χ1v) is 4.88. The Bertz CT molecular complexity index is 194. The van der Waals surface area contributed by atoms with Crippen LogP contribution in [-0.4, -0.2) is 23.4 Å². The van der Waals surface area contributed by atoms with Gasteiger partial charge in [-0.2, -0.15) is 5.10 Å². The van der Waals surface area contributed by atoms with Gasteiger partial charge >= 0.3 is 0 Å². The first-order chi connectivity index (χ1) is 5.77. The highest BCUT2D eigenvalue weighted by atomic mass is 15.5. The van der Waals surface area contributed by atoms with Crippen LogP contribution in [0.2, 0.25) is 0 Å². The summed E-state index contributed by atoms with van der Waals surface area (Å²) in [5.74, 6) is 1.28. The molecule has 0 amide bonds. The predicted molar refractivity (Wildman–Crippen MR) is 49.7 cm³/mol. The molecule has 68 valence electrons. The monoisotopic (exact) mass is 167 g/mol. The Morgan fingerprint density at radius 3 is 2.58 bits per heavy atom. The fourth-order valence-corrected chi connectivity index (χ4v) is 2.09. The molecular formula is C9H17N3. The van der Waals surface area contributed by atoms with E-state index in [4.69, 9.17) is 5.73 Å². The molecule has 2 N–H and O–H groups in total. The maximum Gasteiger partial charge on any atom is 0.124 e.